The number of allylic oxidation sites excluding steroid dienone is 1. The molecule has 4 nitrogen and oxygen atoms in total. The van der Waals surface area contributed by atoms with Gasteiger partial charge in [0.1, 0.15) is 11.2 Å². The second kappa shape index (κ2) is 11.8. The minimum atomic E-state index is 0.676. The molecule has 0 bridgehead atoms. The van der Waals surface area contributed by atoms with Crippen LogP contribution in [0.2, 0.25) is 0 Å². The zero-order valence-electron chi connectivity index (χ0n) is 28.7. The Morgan fingerprint density at radius 3 is 1.81 bits per heavy atom. The first-order chi connectivity index (χ1) is 26.3. The Labute approximate surface area is 305 Å². The third kappa shape index (κ3) is 4.69. The van der Waals surface area contributed by atoms with Crippen molar-refractivity contribution in [1.82, 2.24) is 4.57 Å². The average Bonchev–Trinajstić information content (AvgIpc) is 3.68. The molecule has 1 aliphatic rings. The summed E-state index contributed by atoms with van der Waals surface area (Å²) >= 11 is 0. The normalized spacial score (nSPS) is 13.5. The van der Waals surface area contributed by atoms with Gasteiger partial charge in [-0.25, -0.2) is 9.98 Å². The van der Waals surface area contributed by atoms with Crippen molar-refractivity contribution in [2.45, 2.75) is 6.42 Å². The standard InChI is InChI=1S/C49H31N3O/c1-3-14-33(15-4-1)40-26-27-41(34-16-5-2-6-17-34)51-49(50-40)39-20-11-21-44-46(39)38-25-24-35(30-45(38)53-44)52-42-28-22-31-12-7-9-18-36(31)47(42)48-37-19-10-8-13-32(37)23-29-43(48)52/h1-26,28-30H,27H2. The number of benzene rings is 8. The highest BCUT2D eigenvalue weighted by molar-refractivity contribution is 6.29. The SMILES string of the molecule is C1=C(c2ccccc2)N=C(c2cccc3oc4cc(-n5c6ccc7ccccc7c6c6c7ccccc7ccc65)ccc4c23)N=C(c2ccccc2)C1. The molecule has 0 atom stereocenters. The summed E-state index contributed by atoms with van der Waals surface area (Å²) in [5, 5.41) is 9.55. The lowest BCUT2D eigenvalue weighted by atomic mass is 10.00. The van der Waals surface area contributed by atoms with Gasteiger partial charge in [0.2, 0.25) is 0 Å². The molecular weight excluding hydrogens is 647 g/mol. The molecule has 10 aromatic rings. The molecule has 0 N–H and O–H groups in total. The van der Waals surface area contributed by atoms with Crippen molar-refractivity contribution in [3.8, 4) is 5.69 Å². The molecule has 0 aliphatic carbocycles. The van der Waals surface area contributed by atoms with E-state index in [1.807, 2.05) is 24.3 Å². The van der Waals surface area contributed by atoms with E-state index in [9.17, 15) is 0 Å². The zero-order chi connectivity index (χ0) is 34.9. The van der Waals surface area contributed by atoms with Crippen molar-refractivity contribution in [1.29, 1.82) is 0 Å². The number of aromatic nitrogens is 1. The summed E-state index contributed by atoms with van der Waals surface area (Å²) in [6.45, 7) is 0. The van der Waals surface area contributed by atoms with E-state index in [2.05, 4.69) is 156 Å². The minimum absolute atomic E-state index is 0.676. The Hall–Kier alpha value is -7.04. The molecular formula is C49H31N3O. The monoisotopic (exact) mass is 677 g/mol. The van der Waals surface area contributed by atoms with Crippen molar-refractivity contribution in [3.05, 3.63) is 193 Å². The number of nitrogens with zero attached hydrogens (tertiary/aromatic N) is 3. The Morgan fingerprint density at radius 1 is 0.472 bits per heavy atom. The first-order valence-corrected chi connectivity index (χ1v) is 18.1. The fraction of sp³-hybridized carbons (Fsp3) is 0.0204. The van der Waals surface area contributed by atoms with Gasteiger partial charge in [0.15, 0.2) is 5.84 Å². The van der Waals surface area contributed by atoms with Crippen LogP contribution in [-0.2, 0) is 0 Å². The Bertz CT molecular complexity index is 3090. The summed E-state index contributed by atoms with van der Waals surface area (Å²) in [7, 11) is 0. The van der Waals surface area contributed by atoms with Crippen LogP contribution in [0.1, 0.15) is 23.1 Å². The summed E-state index contributed by atoms with van der Waals surface area (Å²) in [6.07, 6.45) is 2.86. The Morgan fingerprint density at radius 2 is 1.11 bits per heavy atom. The van der Waals surface area contributed by atoms with E-state index in [0.717, 1.165) is 55.7 Å². The highest BCUT2D eigenvalue weighted by Crippen LogP contribution is 2.42. The fourth-order valence-electron chi connectivity index (χ4n) is 8.24. The molecule has 0 amide bonds. The van der Waals surface area contributed by atoms with Crippen LogP contribution in [0.5, 0.6) is 0 Å². The smallest absolute Gasteiger partial charge is 0.160 e. The van der Waals surface area contributed by atoms with Gasteiger partial charge in [0, 0.05) is 45.3 Å². The first kappa shape index (κ1) is 29.7. The van der Waals surface area contributed by atoms with E-state index in [-0.39, 0.29) is 0 Å². The van der Waals surface area contributed by atoms with Crippen LogP contribution in [0.15, 0.2) is 190 Å². The van der Waals surface area contributed by atoms with E-state index >= 15 is 0 Å². The lowest BCUT2D eigenvalue weighted by Crippen LogP contribution is -2.05. The number of furan rings is 1. The number of fused-ring (bicyclic) bond motifs is 10. The fourth-order valence-corrected chi connectivity index (χ4v) is 8.24. The van der Waals surface area contributed by atoms with Gasteiger partial charge >= 0.3 is 0 Å². The Balaban J connectivity index is 1.14. The second-order valence-corrected chi connectivity index (χ2v) is 13.7. The molecule has 0 unspecified atom stereocenters. The van der Waals surface area contributed by atoms with Gasteiger partial charge in [-0.15, -0.1) is 0 Å². The topological polar surface area (TPSA) is 42.8 Å². The van der Waals surface area contributed by atoms with Crippen molar-refractivity contribution in [3.63, 3.8) is 0 Å². The van der Waals surface area contributed by atoms with Gasteiger partial charge < -0.3 is 8.98 Å². The van der Waals surface area contributed by atoms with Gasteiger partial charge in [-0.1, -0.05) is 140 Å². The number of aliphatic imine (C=N–C) groups is 2. The van der Waals surface area contributed by atoms with E-state index in [1.54, 1.807) is 0 Å². The molecule has 53 heavy (non-hydrogen) atoms. The van der Waals surface area contributed by atoms with Gasteiger partial charge in [0.25, 0.3) is 0 Å². The number of rotatable bonds is 4. The van der Waals surface area contributed by atoms with Crippen molar-refractivity contribution in [2.24, 2.45) is 9.98 Å². The largest absolute Gasteiger partial charge is 0.456 e. The van der Waals surface area contributed by atoms with Gasteiger partial charge in [-0.3, -0.25) is 0 Å². The maximum Gasteiger partial charge on any atom is 0.160 e. The van der Waals surface area contributed by atoms with Gasteiger partial charge in [-0.2, -0.15) is 0 Å². The quantitative estimate of drug-likeness (QED) is 0.183. The molecule has 2 aromatic heterocycles. The van der Waals surface area contributed by atoms with Crippen molar-refractivity contribution < 1.29 is 4.42 Å². The third-order valence-electron chi connectivity index (χ3n) is 10.7. The van der Waals surface area contributed by atoms with Crippen LogP contribution in [0.25, 0.3) is 76.7 Å². The Kier molecular flexibility index (Phi) is 6.58. The summed E-state index contributed by atoms with van der Waals surface area (Å²) < 4.78 is 9.10. The van der Waals surface area contributed by atoms with Crippen molar-refractivity contribution in [2.75, 3.05) is 0 Å². The predicted molar refractivity (Wildman–Crippen MR) is 222 cm³/mol. The number of hydrogen-bond acceptors (Lipinski definition) is 3. The molecule has 0 radical (unpaired) electrons. The molecule has 248 valence electrons. The summed E-state index contributed by atoms with van der Waals surface area (Å²) in [4.78, 5) is 10.5. The van der Waals surface area contributed by atoms with Gasteiger partial charge in [-0.05, 0) is 63.0 Å². The molecule has 0 spiro atoms. The van der Waals surface area contributed by atoms with E-state index in [1.165, 1.54) is 43.4 Å². The summed E-state index contributed by atoms with van der Waals surface area (Å²) in [6, 6.07) is 60.0. The van der Waals surface area contributed by atoms with Crippen LogP contribution < -0.4 is 0 Å². The average molecular weight is 678 g/mol. The molecule has 8 aromatic carbocycles. The summed E-state index contributed by atoms with van der Waals surface area (Å²) in [5.74, 6) is 0.676. The molecule has 0 saturated heterocycles. The number of amidine groups is 1. The van der Waals surface area contributed by atoms with E-state index in [4.69, 9.17) is 14.4 Å². The summed E-state index contributed by atoms with van der Waals surface area (Å²) in [5.41, 5.74) is 10.0. The first-order valence-electron chi connectivity index (χ1n) is 18.1. The van der Waals surface area contributed by atoms with Crippen LogP contribution in [0, 0.1) is 0 Å². The molecule has 1 aliphatic heterocycles. The second-order valence-electron chi connectivity index (χ2n) is 13.7. The maximum atomic E-state index is 6.71. The lowest BCUT2D eigenvalue weighted by Gasteiger charge is -2.09. The third-order valence-corrected chi connectivity index (χ3v) is 10.7. The zero-order valence-corrected chi connectivity index (χ0v) is 28.7. The molecule has 11 rings (SSSR count). The van der Waals surface area contributed by atoms with Crippen molar-refractivity contribution >= 4 is 82.5 Å². The van der Waals surface area contributed by atoms with Crippen LogP contribution >= 0.6 is 0 Å². The molecule has 0 saturated carbocycles. The molecule has 0 fully saturated rings. The van der Waals surface area contributed by atoms with Crippen LogP contribution in [-0.4, -0.2) is 16.1 Å². The highest BCUT2D eigenvalue weighted by Gasteiger charge is 2.21. The predicted octanol–water partition coefficient (Wildman–Crippen LogP) is 12.7. The minimum Gasteiger partial charge on any atom is -0.456 e. The van der Waals surface area contributed by atoms with Crippen LogP contribution in [0.4, 0.5) is 0 Å². The van der Waals surface area contributed by atoms with E-state index < -0.39 is 0 Å². The van der Waals surface area contributed by atoms with Gasteiger partial charge in [0.05, 0.1) is 22.4 Å². The highest BCUT2D eigenvalue weighted by atomic mass is 16.3. The van der Waals surface area contributed by atoms with Crippen LogP contribution in [0.3, 0.4) is 0 Å². The molecule has 4 heteroatoms. The lowest BCUT2D eigenvalue weighted by molar-refractivity contribution is 0.668. The maximum absolute atomic E-state index is 6.71. The number of hydrogen-bond donors (Lipinski definition) is 0. The molecule has 3 heterocycles. The van der Waals surface area contributed by atoms with E-state index in [0.29, 0.717) is 12.3 Å².